The summed E-state index contributed by atoms with van der Waals surface area (Å²) in [6.45, 7) is 5.04. The van der Waals surface area contributed by atoms with Crippen LogP contribution < -0.4 is 5.32 Å². The number of aromatic amines is 1. The Morgan fingerprint density at radius 2 is 2.00 bits per heavy atom. The number of rotatable bonds is 4. The Morgan fingerprint density at radius 3 is 2.89 bits per heavy atom. The Labute approximate surface area is 164 Å². The van der Waals surface area contributed by atoms with Gasteiger partial charge in [0.25, 0.3) is 0 Å². The van der Waals surface area contributed by atoms with Gasteiger partial charge in [0.05, 0.1) is 5.52 Å². The summed E-state index contributed by atoms with van der Waals surface area (Å²) in [5.74, 6) is 0. The van der Waals surface area contributed by atoms with E-state index in [1.807, 2.05) is 12.3 Å². The third kappa shape index (κ3) is 2.87. The van der Waals surface area contributed by atoms with E-state index in [1.54, 1.807) is 6.20 Å². The Kier molecular flexibility index (Phi) is 4.17. The standard InChI is InChI=1S/C24H22N4/c1-16(26-15-17-6-5-13-25-14-17)19-11-12-22-23-21(19)10-4-8-18-7-2-3-9-20(18)24(23)28-27-22/h2-3,5-7,9,11-14,26H,1,4,8,10,15H2,(H,27,28). The van der Waals surface area contributed by atoms with Crippen LogP contribution in [0.3, 0.4) is 0 Å². The van der Waals surface area contributed by atoms with Crippen molar-refractivity contribution >= 4 is 16.6 Å². The molecule has 2 N–H and O–H groups in total. The van der Waals surface area contributed by atoms with Crippen LogP contribution in [0.1, 0.15) is 28.7 Å². The fourth-order valence-electron chi connectivity index (χ4n) is 4.15. The van der Waals surface area contributed by atoms with E-state index in [0.29, 0.717) is 6.54 Å². The number of nitrogens with zero attached hydrogens (tertiary/aromatic N) is 2. The Bertz CT molecular complexity index is 1160. The molecule has 0 radical (unpaired) electrons. The van der Waals surface area contributed by atoms with Crippen LogP contribution in [0.15, 0.2) is 67.5 Å². The monoisotopic (exact) mass is 366 g/mol. The van der Waals surface area contributed by atoms with E-state index < -0.39 is 0 Å². The molecule has 0 saturated carbocycles. The first kappa shape index (κ1) is 16.8. The molecule has 1 aliphatic carbocycles. The Balaban J connectivity index is 1.57. The number of hydrogen-bond acceptors (Lipinski definition) is 3. The first-order chi connectivity index (χ1) is 13.8. The summed E-state index contributed by atoms with van der Waals surface area (Å²) in [6, 6.07) is 16.9. The molecule has 2 aromatic heterocycles. The maximum atomic E-state index is 4.68. The molecule has 5 rings (SSSR count). The zero-order valence-corrected chi connectivity index (χ0v) is 15.7. The third-order valence-electron chi connectivity index (χ3n) is 5.54. The molecule has 0 saturated heterocycles. The molecule has 0 spiro atoms. The normalized spacial score (nSPS) is 12.9. The maximum Gasteiger partial charge on any atom is 0.100 e. The van der Waals surface area contributed by atoms with E-state index in [-0.39, 0.29) is 0 Å². The highest BCUT2D eigenvalue weighted by Gasteiger charge is 2.20. The van der Waals surface area contributed by atoms with Gasteiger partial charge in [-0.3, -0.25) is 10.1 Å². The van der Waals surface area contributed by atoms with Gasteiger partial charge in [-0.2, -0.15) is 5.10 Å². The second-order valence-corrected chi connectivity index (χ2v) is 7.29. The van der Waals surface area contributed by atoms with Gasteiger partial charge in [-0.25, -0.2) is 0 Å². The lowest BCUT2D eigenvalue weighted by molar-refractivity contribution is 0.817. The van der Waals surface area contributed by atoms with Crippen LogP contribution in [-0.4, -0.2) is 15.2 Å². The smallest absolute Gasteiger partial charge is 0.100 e. The van der Waals surface area contributed by atoms with Crippen LogP contribution >= 0.6 is 0 Å². The molecule has 2 heterocycles. The van der Waals surface area contributed by atoms with Gasteiger partial charge in [0.1, 0.15) is 5.69 Å². The highest BCUT2D eigenvalue weighted by atomic mass is 15.1. The lowest BCUT2D eigenvalue weighted by atomic mass is 9.88. The highest BCUT2D eigenvalue weighted by Crippen LogP contribution is 2.37. The number of pyridine rings is 1. The molecule has 2 aromatic carbocycles. The number of fused-ring (bicyclic) bond motifs is 2. The number of benzene rings is 2. The van der Waals surface area contributed by atoms with E-state index in [1.165, 1.54) is 27.6 Å². The van der Waals surface area contributed by atoms with Gasteiger partial charge in [0, 0.05) is 41.1 Å². The van der Waals surface area contributed by atoms with E-state index in [2.05, 4.69) is 69.5 Å². The number of hydrogen-bond donors (Lipinski definition) is 2. The molecule has 28 heavy (non-hydrogen) atoms. The molecule has 0 aliphatic heterocycles. The van der Waals surface area contributed by atoms with Crippen molar-refractivity contribution in [1.29, 1.82) is 0 Å². The summed E-state index contributed by atoms with van der Waals surface area (Å²) in [4.78, 5) is 4.19. The fourth-order valence-corrected chi connectivity index (χ4v) is 4.15. The number of aromatic nitrogens is 3. The van der Waals surface area contributed by atoms with Gasteiger partial charge in [-0.05, 0) is 48.1 Å². The zero-order valence-electron chi connectivity index (χ0n) is 15.7. The SMILES string of the molecule is C=C(NCc1cccnc1)c1ccc2[nH]nc3c2c1CCCc1ccccc1-3. The predicted molar refractivity (Wildman–Crippen MR) is 114 cm³/mol. The fraction of sp³-hybridized carbons (Fsp3) is 0.167. The van der Waals surface area contributed by atoms with E-state index >= 15 is 0 Å². The first-order valence-electron chi connectivity index (χ1n) is 9.71. The topological polar surface area (TPSA) is 53.6 Å². The van der Waals surface area contributed by atoms with Crippen molar-refractivity contribution in [3.63, 3.8) is 0 Å². The summed E-state index contributed by atoms with van der Waals surface area (Å²) in [5.41, 5.74) is 9.36. The predicted octanol–water partition coefficient (Wildman–Crippen LogP) is 4.87. The average molecular weight is 366 g/mol. The molecule has 1 aliphatic rings. The van der Waals surface area contributed by atoms with Crippen LogP contribution in [0, 0.1) is 0 Å². The molecule has 0 fully saturated rings. The Morgan fingerprint density at radius 1 is 1.07 bits per heavy atom. The summed E-state index contributed by atoms with van der Waals surface area (Å²) in [6.07, 6.45) is 6.87. The molecule has 0 atom stereocenters. The molecule has 138 valence electrons. The lowest BCUT2D eigenvalue weighted by Gasteiger charge is -2.18. The second kappa shape index (κ2) is 6.97. The molecule has 0 bridgehead atoms. The van der Waals surface area contributed by atoms with Crippen LogP contribution in [0.25, 0.3) is 27.9 Å². The summed E-state index contributed by atoms with van der Waals surface area (Å²) >= 11 is 0. The van der Waals surface area contributed by atoms with E-state index in [0.717, 1.165) is 41.7 Å². The van der Waals surface area contributed by atoms with Crippen molar-refractivity contribution in [3.8, 4) is 11.3 Å². The van der Waals surface area contributed by atoms with Crippen molar-refractivity contribution in [2.24, 2.45) is 0 Å². The first-order valence-corrected chi connectivity index (χ1v) is 9.71. The Hall–Kier alpha value is -3.40. The van der Waals surface area contributed by atoms with E-state index in [4.69, 9.17) is 0 Å². The van der Waals surface area contributed by atoms with Crippen molar-refractivity contribution in [2.45, 2.75) is 25.8 Å². The molecule has 4 heteroatoms. The molecule has 0 unspecified atom stereocenters. The van der Waals surface area contributed by atoms with Crippen molar-refractivity contribution in [1.82, 2.24) is 20.5 Å². The number of nitrogens with one attached hydrogen (secondary N) is 2. The minimum Gasteiger partial charge on any atom is -0.381 e. The molecule has 4 nitrogen and oxygen atoms in total. The largest absolute Gasteiger partial charge is 0.381 e. The lowest BCUT2D eigenvalue weighted by Crippen LogP contribution is -2.13. The maximum absolute atomic E-state index is 4.68. The molecule has 0 amide bonds. The van der Waals surface area contributed by atoms with Gasteiger partial charge in [-0.15, -0.1) is 0 Å². The molecular weight excluding hydrogens is 344 g/mol. The second-order valence-electron chi connectivity index (χ2n) is 7.29. The highest BCUT2D eigenvalue weighted by molar-refractivity contribution is 5.98. The van der Waals surface area contributed by atoms with Gasteiger partial charge >= 0.3 is 0 Å². The van der Waals surface area contributed by atoms with E-state index in [9.17, 15) is 0 Å². The minimum atomic E-state index is 0.714. The van der Waals surface area contributed by atoms with Gasteiger partial charge < -0.3 is 5.32 Å². The van der Waals surface area contributed by atoms with Crippen LogP contribution in [0.4, 0.5) is 0 Å². The van der Waals surface area contributed by atoms with Crippen LogP contribution in [0.2, 0.25) is 0 Å². The van der Waals surface area contributed by atoms with Crippen LogP contribution in [-0.2, 0) is 19.4 Å². The van der Waals surface area contributed by atoms with Gasteiger partial charge in [0.2, 0.25) is 0 Å². The number of aryl methyl sites for hydroxylation is 2. The zero-order chi connectivity index (χ0) is 18.9. The van der Waals surface area contributed by atoms with Crippen molar-refractivity contribution < 1.29 is 0 Å². The summed E-state index contributed by atoms with van der Waals surface area (Å²) in [5, 5.41) is 12.6. The summed E-state index contributed by atoms with van der Waals surface area (Å²) < 4.78 is 0. The van der Waals surface area contributed by atoms with Crippen LogP contribution in [0.5, 0.6) is 0 Å². The van der Waals surface area contributed by atoms with Crippen molar-refractivity contribution in [3.05, 3.63) is 89.8 Å². The third-order valence-corrected chi connectivity index (χ3v) is 5.54. The summed E-state index contributed by atoms with van der Waals surface area (Å²) in [7, 11) is 0. The van der Waals surface area contributed by atoms with Gasteiger partial charge in [0.15, 0.2) is 0 Å². The van der Waals surface area contributed by atoms with Crippen molar-refractivity contribution in [2.75, 3.05) is 0 Å². The molecule has 4 aromatic rings. The number of H-pyrrole nitrogens is 1. The molecular formula is C24H22N4. The minimum absolute atomic E-state index is 0.714. The quantitative estimate of drug-likeness (QED) is 0.541. The van der Waals surface area contributed by atoms with Gasteiger partial charge in [-0.1, -0.05) is 43.0 Å². The average Bonchev–Trinajstić information content (AvgIpc) is 3.16.